The van der Waals surface area contributed by atoms with Crippen LogP contribution >= 0.6 is 11.3 Å². The molecule has 1 amide bonds. The highest BCUT2D eigenvalue weighted by Gasteiger charge is 2.27. The van der Waals surface area contributed by atoms with E-state index in [9.17, 15) is 14.4 Å². The van der Waals surface area contributed by atoms with E-state index in [2.05, 4.69) is 15.2 Å². The third-order valence-corrected chi connectivity index (χ3v) is 4.37. The summed E-state index contributed by atoms with van der Waals surface area (Å²) in [5, 5.41) is 6.75. The number of nitrogens with one attached hydrogen (secondary N) is 1. The van der Waals surface area contributed by atoms with Crippen molar-refractivity contribution in [3.63, 3.8) is 0 Å². The van der Waals surface area contributed by atoms with Gasteiger partial charge in [-0.25, -0.2) is 9.59 Å². The first-order valence-corrected chi connectivity index (χ1v) is 7.31. The van der Waals surface area contributed by atoms with Crippen molar-refractivity contribution in [3.8, 4) is 0 Å². The molecule has 2 aromatic heterocycles. The van der Waals surface area contributed by atoms with Crippen LogP contribution in [0.3, 0.4) is 0 Å². The number of esters is 2. The molecule has 2 aromatic rings. The fourth-order valence-electron chi connectivity index (χ4n) is 2.00. The van der Waals surface area contributed by atoms with Crippen LogP contribution in [0.2, 0.25) is 0 Å². The van der Waals surface area contributed by atoms with Gasteiger partial charge in [-0.15, -0.1) is 11.3 Å². The number of thiophene rings is 1. The average molecular weight is 337 g/mol. The van der Waals surface area contributed by atoms with Gasteiger partial charge in [-0.05, 0) is 18.6 Å². The van der Waals surface area contributed by atoms with Gasteiger partial charge < -0.3 is 14.8 Å². The van der Waals surface area contributed by atoms with Crippen LogP contribution < -0.4 is 5.32 Å². The number of nitrogens with zero attached hydrogens (tertiary/aromatic N) is 2. The highest BCUT2D eigenvalue weighted by molar-refractivity contribution is 7.18. The Bertz CT molecular complexity index is 777. The third kappa shape index (κ3) is 3.09. The molecular weight excluding hydrogens is 322 g/mol. The standard InChI is InChI=1S/C14H15N3O5S/c1-7-9(13(19)21-3)12(23-10(7)14(20)22-4)16-11(18)8-5-6-15-17(8)2/h5-6H,1-4H3,(H,16,18). The Labute approximate surface area is 136 Å². The smallest absolute Gasteiger partial charge is 0.348 e. The van der Waals surface area contributed by atoms with Gasteiger partial charge in [-0.1, -0.05) is 0 Å². The van der Waals surface area contributed by atoms with Crippen molar-refractivity contribution in [2.75, 3.05) is 19.5 Å². The zero-order valence-corrected chi connectivity index (χ0v) is 13.8. The van der Waals surface area contributed by atoms with Crippen LogP contribution in [-0.2, 0) is 16.5 Å². The highest BCUT2D eigenvalue weighted by atomic mass is 32.1. The topological polar surface area (TPSA) is 99.5 Å². The number of carbonyl (C=O) groups excluding carboxylic acids is 3. The number of rotatable bonds is 4. The van der Waals surface area contributed by atoms with Crippen LogP contribution in [0.4, 0.5) is 5.00 Å². The molecule has 0 fully saturated rings. The number of hydrogen-bond acceptors (Lipinski definition) is 7. The molecule has 0 aliphatic rings. The van der Waals surface area contributed by atoms with Gasteiger partial charge in [-0.2, -0.15) is 5.10 Å². The number of ether oxygens (including phenoxy) is 2. The molecule has 0 spiro atoms. The molecule has 122 valence electrons. The van der Waals surface area contributed by atoms with Gasteiger partial charge >= 0.3 is 11.9 Å². The lowest BCUT2D eigenvalue weighted by molar-refractivity contribution is 0.0601. The minimum absolute atomic E-state index is 0.133. The summed E-state index contributed by atoms with van der Waals surface area (Å²) in [6.07, 6.45) is 1.48. The monoisotopic (exact) mass is 337 g/mol. The number of carbonyl (C=O) groups is 3. The van der Waals surface area contributed by atoms with E-state index in [-0.39, 0.29) is 15.4 Å². The molecular formula is C14H15N3O5S. The number of amides is 1. The fourth-order valence-corrected chi connectivity index (χ4v) is 3.11. The molecule has 23 heavy (non-hydrogen) atoms. The second-order valence-electron chi connectivity index (χ2n) is 4.54. The Balaban J connectivity index is 2.44. The van der Waals surface area contributed by atoms with Crippen molar-refractivity contribution in [1.82, 2.24) is 9.78 Å². The Morgan fingerprint density at radius 3 is 2.39 bits per heavy atom. The molecule has 0 aromatic carbocycles. The number of aryl methyl sites for hydroxylation is 1. The summed E-state index contributed by atoms with van der Waals surface area (Å²) in [4.78, 5) is 36.3. The Hall–Kier alpha value is -2.68. The SMILES string of the molecule is COC(=O)c1sc(NC(=O)c2ccnn2C)c(C(=O)OC)c1C. The van der Waals surface area contributed by atoms with Crippen molar-refractivity contribution in [2.45, 2.75) is 6.92 Å². The lowest BCUT2D eigenvalue weighted by Gasteiger charge is -2.06. The predicted molar refractivity (Wildman–Crippen MR) is 82.9 cm³/mol. The first-order valence-electron chi connectivity index (χ1n) is 6.50. The van der Waals surface area contributed by atoms with Gasteiger partial charge in [0.2, 0.25) is 0 Å². The molecule has 1 N–H and O–H groups in total. The van der Waals surface area contributed by atoms with E-state index in [1.165, 1.54) is 31.2 Å². The summed E-state index contributed by atoms with van der Waals surface area (Å²) in [5.74, 6) is -1.68. The Morgan fingerprint density at radius 2 is 1.87 bits per heavy atom. The first-order chi connectivity index (χ1) is 10.9. The van der Waals surface area contributed by atoms with Crippen LogP contribution in [0.1, 0.15) is 36.1 Å². The average Bonchev–Trinajstić information content (AvgIpc) is 3.09. The molecule has 2 rings (SSSR count). The van der Waals surface area contributed by atoms with Gasteiger partial charge in [0.15, 0.2) is 0 Å². The summed E-state index contributed by atoms with van der Waals surface area (Å²) < 4.78 is 10.8. The van der Waals surface area contributed by atoms with Crippen LogP contribution in [0.25, 0.3) is 0 Å². The first kappa shape index (κ1) is 16.7. The van der Waals surface area contributed by atoms with Crippen molar-refractivity contribution >= 4 is 34.2 Å². The summed E-state index contributed by atoms with van der Waals surface area (Å²) in [7, 11) is 4.09. The number of anilines is 1. The van der Waals surface area contributed by atoms with Gasteiger partial charge in [0.25, 0.3) is 5.91 Å². The maximum absolute atomic E-state index is 12.3. The van der Waals surface area contributed by atoms with E-state index < -0.39 is 17.8 Å². The second kappa shape index (κ2) is 6.61. The predicted octanol–water partition coefficient (Wildman–Crippen LogP) is 1.62. The van der Waals surface area contributed by atoms with Gasteiger partial charge in [0.05, 0.1) is 19.8 Å². The molecule has 9 heteroatoms. The third-order valence-electron chi connectivity index (χ3n) is 3.19. The van der Waals surface area contributed by atoms with Gasteiger partial charge in [-0.3, -0.25) is 9.48 Å². The molecule has 2 heterocycles. The molecule has 0 aliphatic heterocycles. The zero-order chi connectivity index (χ0) is 17.1. The minimum atomic E-state index is -0.644. The van der Waals surface area contributed by atoms with Crippen molar-refractivity contribution in [1.29, 1.82) is 0 Å². The lowest BCUT2D eigenvalue weighted by atomic mass is 10.1. The van der Waals surface area contributed by atoms with E-state index in [0.717, 1.165) is 11.3 Å². The molecule has 0 atom stereocenters. The molecule has 0 saturated carbocycles. The summed E-state index contributed by atoms with van der Waals surface area (Å²) in [5.41, 5.74) is 0.842. The zero-order valence-electron chi connectivity index (χ0n) is 13.0. The van der Waals surface area contributed by atoms with Gasteiger partial charge in [0.1, 0.15) is 15.6 Å². The maximum atomic E-state index is 12.3. The van der Waals surface area contributed by atoms with E-state index in [1.54, 1.807) is 14.0 Å². The molecule has 0 saturated heterocycles. The summed E-state index contributed by atoms with van der Waals surface area (Å²) >= 11 is 0.957. The molecule has 0 radical (unpaired) electrons. The molecule has 0 unspecified atom stereocenters. The lowest BCUT2D eigenvalue weighted by Crippen LogP contribution is -2.17. The Kier molecular flexibility index (Phi) is 4.80. The quantitative estimate of drug-likeness (QED) is 0.851. The largest absolute Gasteiger partial charge is 0.465 e. The number of hydrogen-bond donors (Lipinski definition) is 1. The van der Waals surface area contributed by atoms with E-state index in [4.69, 9.17) is 4.74 Å². The number of methoxy groups -OCH3 is 2. The molecule has 0 bridgehead atoms. The van der Waals surface area contributed by atoms with Crippen LogP contribution in [-0.4, -0.2) is 41.8 Å². The minimum Gasteiger partial charge on any atom is -0.465 e. The maximum Gasteiger partial charge on any atom is 0.348 e. The van der Waals surface area contributed by atoms with Crippen LogP contribution in [0, 0.1) is 6.92 Å². The number of aromatic nitrogens is 2. The summed E-state index contributed by atoms with van der Waals surface area (Å²) in [6, 6.07) is 1.54. The van der Waals surface area contributed by atoms with Crippen molar-refractivity contribution in [3.05, 3.63) is 34.0 Å². The highest BCUT2D eigenvalue weighted by Crippen LogP contribution is 2.34. The van der Waals surface area contributed by atoms with Gasteiger partial charge in [0, 0.05) is 13.2 Å². The van der Waals surface area contributed by atoms with Crippen LogP contribution in [0.5, 0.6) is 0 Å². The second-order valence-corrected chi connectivity index (χ2v) is 5.56. The fraction of sp³-hybridized carbons (Fsp3) is 0.286. The normalized spacial score (nSPS) is 10.3. The summed E-state index contributed by atoms with van der Waals surface area (Å²) in [6.45, 7) is 1.59. The van der Waals surface area contributed by atoms with E-state index in [1.807, 2.05) is 0 Å². The van der Waals surface area contributed by atoms with Crippen molar-refractivity contribution < 1.29 is 23.9 Å². The molecule has 0 aliphatic carbocycles. The Morgan fingerprint density at radius 1 is 1.22 bits per heavy atom. The van der Waals surface area contributed by atoms with E-state index >= 15 is 0 Å². The molecule has 8 nitrogen and oxygen atoms in total. The van der Waals surface area contributed by atoms with E-state index in [0.29, 0.717) is 11.3 Å². The van der Waals surface area contributed by atoms with Crippen LogP contribution in [0.15, 0.2) is 12.3 Å². The van der Waals surface area contributed by atoms with Crippen molar-refractivity contribution in [2.24, 2.45) is 7.05 Å².